The Morgan fingerprint density at radius 1 is 0.882 bits per heavy atom. The Balaban J connectivity index is 2.31. The smallest absolute Gasteiger partial charge is 0.335 e. The summed E-state index contributed by atoms with van der Waals surface area (Å²) in [6.07, 6.45) is 0. The third-order valence-corrected chi connectivity index (χ3v) is 2.97. The number of rotatable bonds is 1. The SMILES string of the molecule is O=C(O)c1ccc2c(c1)-c1ccccc1C2=O. The van der Waals surface area contributed by atoms with Crippen molar-refractivity contribution in [3.63, 3.8) is 0 Å². The lowest BCUT2D eigenvalue weighted by molar-refractivity contribution is 0.0696. The van der Waals surface area contributed by atoms with Gasteiger partial charge in [-0.2, -0.15) is 0 Å². The molecular formula is C14H8O3. The quantitative estimate of drug-likeness (QED) is 0.691. The third-order valence-electron chi connectivity index (χ3n) is 2.97. The largest absolute Gasteiger partial charge is 0.478 e. The van der Waals surface area contributed by atoms with E-state index in [0.717, 1.165) is 5.56 Å². The van der Waals surface area contributed by atoms with E-state index in [2.05, 4.69) is 0 Å². The molecule has 0 unspecified atom stereocenters. The topological polar surface area (TPSA) is 54.4 Å². The van der Waals surface area contributed by atoms with Gasteiger partial charge in [0.05, 0.1) is 5.56 Å². The zero-order valence-electron chi connectivity index (χ0n) is 8.81. The Morgan fingerprint density at radius 2 is 1.53 bits per heavy atom. The fourth-order valence-electron chi connectivity index (χ4n) is 2.16. The van der Waals surface area contributed by atoms with Gasteiger partial charge in [-0.3, -0.25) is 4.79 Å². The van der Waals surface area contributed by atoms with E-state index in [9.17, 15) is 9.59 Å². The van der Waals surface area contributed by atoms with E-state index in [1.807, 2.05) is 12.1 Å². The highest BCUT2D eigenvalue weighted by Crippen LogP contribution is 2.36. The molecule has 3 rings (SSSR count). The van der Waals surface area contributed by atoms with Crippen molar-refractivity contribution in [2.75, 3.05) is 0 Å². The minimum atomic E-state index is -0.982. The first-order valence-electron chi connectivity index (χ1n) is 5.20. The van der Waals surface area contributed by atoms with Gasteiger partial charge in [0.25, 0.3) is 0 Å². The molecule has 2 aromatic carbocycles. The van der Waals surface area contributed by atoms with Crippen LogP contribution in [0.2, 0.25) is 0 Å². The maximum atomic E-state index is 12.0. The molecule has 0 amide bonds. The second kappa shape index (κ2) is 3.28. The molecule has 0 fully saturated rings. The van der Waals surface area contributed by atoms with Crippen molar-refractivity contribution in [1.82, 2.24) is 0 Å². The summed E-state index contributed by atoms with van der Waals surface area (Å²) in [6, 6.07) is 11.9. The normalized spacial score (nSPS) is 12.1. The second-order valence-corrected chi connectivity index (χ2v) is 3.94. The van der Waals surface area contributed by atoms with Crippen LogP contribution in [-0.4, -0.2) is 16.9 Å². The fourth-order valence-corrected chi connectivity index (χ4v) is 2.16. The first kappa shape index (κ1) is 9.78. The average Bonchev–Trinajstić information content (AvgIpc) is 2.64. The van der Waals surface area contributed by atoms with Gasteiger partial charge in [0.2, 0.25) is 0 Å². The summed E-state index contributed by atoms with van der Waals surface area (Å²) in [4.78, 5) is 22.9. The minimum absolute atomic E-state index is 0.0347. The molecule has 0 bridgehead atoms. The van der Waals surface area contributed by atoms with Gasteiger partial charge in [0.15, 0.2) is 5.78 Å². The van der Waals surface area contributed by atoms with E-state index < -0.39 is 5.97 Å². The molecule has 1 aliphatic rings. The lowest BCUT2D eigenvalue weighted by atomic mass is 10.0. The molecule has 82 valence electrons. The number of hydrogen-bond donors (Lipinski definition) is 1. The number of benzene rings is 2. The Bertz CT molecular complexity index is 656. The zero-order chi connectivity index (χ0) is 12.0. The number of aromatic carboxylic acids is 1. The summed E-state index contributed by atoms with van der Waals surface area (Å²) >= 11 is 0. The molecule has 0 spiro atoms. The van der Waals surface area contributed by atoms with Crippen molar-refractivity contribution in [3.05, 3.63) is 59.2 Å². The van der Waals surface area contributed by atoms with Crippen molar-refractivity contribution < 1.29 is 14.7 Å². The standard InChI is InChI=1S/C14H8O3/c15-13-10-4-2-1-3-9(10)12-7-8(14(16)17)5-6-11(12)13/h1-7H,(H,16,17). The molecule has 0 heterocycles. The lowest BCUT2D eigenvalue weighted by Crippen LogP contribution is -1.98. The van der Waals surface area contributed by atoms with Gasteiger partial charge in [-0.25, -0.2) is 4.79 Å². The fraction of sp³-hybridized carbons (Fsp3) is 0. The van der Waals surface area contributed by atoms with Crippen LogP contribution in [0.25, 0.3) is 11.1 Å². The van der Waals surface area contributed by atoms with Crippen molar-refractivity contribution in [2.24, 2.45) is 0 Å². The molecule has 3 nitrogen and oxygen atoms in total. The molecule has 1 N–H and O–H groups in total. The molecular weight excluding hydrogens is 216 g/mol. The third kappa shape index (κ3) is 1.29. The summed E-state index contributed by atoms with van der Waals surface area (Å²) in [5.41, 5.74) is 2.95. The lowest BCUT2D eigenvalue weighted by Gasteiger charge is -2.00. The molecule has 3 heteroatoms. The minimum Gasteiger partial charge on any atom is -0.478 e. The van der Waals surface area contributed by atoms with Crippen molar-refractivity contribution in [1.29, 1.82) is 0 Å². The van der Waals surface area contributed by atoms with Crippen LogP contribution in [0, 0.1) is 0 Å². The predicted molar refractivity (Wildman–Crippen MR) is 62.3 cm³/mol. The highest BCUT2D eigenvalue weighted by Gasteiger charge is 2.26. The van der Waals surface area contributed by atoms with Crippen LogP contribution in [0.3, 0.4) is 0 Å². The number of carboxylic acid groups (broad SMARTS) is 1. The van der Waals surface area contributed by atoms with Gasteiger partial charge in [-0.1, -0.05) is 24.3 Å². The Kier molecular flexibility index (Phi) is 1.89. The summed E-state index contributed by atoms with van der Waals surface area (Å²) in [7, 11) is 0. The number of ketones is 1. The van der Waals surface area contributed by atoms with Crippen LogP contribution < -0.4 is 0 Å². The highest BCUT2D eigenvalue weighted by atomic mass is 16.4. The molecule has 0 saturated heterocycles. The molecule has 0 saturated carbocycles. The number of carboxylic acids is 1. The summed E-state index contributed by atoms with van der Waals surface area (Å²) in [5.74, 6) is -1.02. The van der Waals surface area contributed by atoms with E-state index in [4.69, 9.17) is 5.11 Å². The van der Waals surface area contributed by atoms with Crippen LogP contribution in [0.4, 0.5) is 0 Å². The summed E-state index contributed by atoms with van der Waals surface area (Å²) in [5, 5.41) is 8.95. The van der Waals surface area contributed by atoms with Crippen LogP contribution in [0.5, 0.6) is 0 Å². The maximum Gasteiger partial charge on any atom is 0.335 e. The van der Waals surface area contributed by atoms with E-state index in [1.165, 1.54) is 6.07 Å². The zero-order valence-corrected chi connectivity index (χ0v) is 8.81. The average molecular weight is 224 g/mol. The summed E-state index contributed by atoms with van der Waals surface area (Å²) < 4.78 is 0. The van der Waals surface area contributed by atoms with Gasteiger partial charge >= 0.3 is 5.97 Å². The molecule has 2 aromatic rings. The van der Waals surface area contributed by atoms with Crippen LogP contribution in [0.1, 0.15) is 26.3 Å². The molecule has 0 aliphatic heterocycles. The molecule has 0 radical (unpaired) electrons. The van der Waals surface area contributed by atoms with Gasteiger partial charge in [-0.05, 0) is 29.3 Å². The maximum absolute atomic E-state index is 12.0. The van der Waals surface area contributed by atoms with Crippen molar-refractivity contribution in [2.45, 2.75) is 0 Å². The molecule has 0 aromatic heterocycles. The number of hydrogen-bond acceptors (Lipinski definition) is 2. The Labute approximate surface area is 97.3 Å². The van der Waals surface area contributed by atoms with E-state index in [-0.39, 0.29) is 11.3 Å². The van der Waals surface area contributed by atoms with E-state index in [0.29, 0.717) is 16.7 Å². The first-order chi connectivity index (χ1) is 8.18. The monoisotopic (exact) mass is 224 g/mol. The van der Waals surface area contributed by atoms with Gasteiger partial charge < -0.3 is 5.11 Å². The van der Waals surface area contributed by atoms with Crippen LogP contribution >= 0.6 is 0 Å². The molecule has 0 atom stereocenters. The van der Waals surface area contributed by atoms with Gasteiger partial charge in [-0.15, -0.1) is 0 Å². The Morgan fingerprint density at radius 3 is 2.24 bits per heavy atom. The Hall–Kier alpha value is -2.42. The van der Waals surface area contributed by atoms with Crippen LogP contribution in [0.15, 0.2) is 42.5 Å². The van der Waals surface area contributed by atoms with E-state index >= 15 is 0 Å². The highest BCUT2D eigenvalue weighted by molar-refractivity contribution is 6.22. The number of carbonyl (C=O) groups excluding carboxylic acids is 1. The molecule has 17 heavy (non-hydrogen) atoms. The van der Waals surface area contributed by atoms with Crippen LogP contribution in [-0.2, 0) is 0 Å². The molecule has 1 aliphatic carbocycles. The number of fused-ring (bicyclic) bond motifs is 3. The predicted octanol–water partition coefficient (Wildman–Crippen LogP) is 2.60. The van der Waals surface area contributed by atoms with E-state index in [1.54, 1.807) is 24.3 Å². The first-order valence-corrected chi connectivity index (χ1v) is 5.20. The second-order valence-electron chi connectivity index (χ2n) is 3.94. The van der Waals surface area contributed by atoms with Crippen molar-refractivity contribution >= 4 is 11.8 Å². The summed E-state index contributed by atoms with van der Waals surface area (Å²) in [6.45, 7) is 0. The van der Waals surface area contributed by atoms with Gasteiger partial charge in [0, 0.05) is 11.1 Å². The number of carbonyl (C=O) groups is 2. The van der Waals surface area contributed by atoms with Crippen molar-refractivity contribution in [3.8, 4) is 11.1 Å². The van der Waals surface area contributed by atoms with Gasteiger partial charge in [0.1, 0.15) is 0 Å².